The standard InChI is InChI=1S/C31H31F6N3O5S/c1-19(38-15-28(41)22-5-3-6-24(13-22)31(35,36)37)10-20-8-9-26-23(11-20)14-27(29(42)43)40(26)16-21-4-2-7-25(12-21)39-18-46(44,45)17-30(32,33)34/h2-9,11-14,19,28,38-39,41H,10,15-18H2,1H3,(H,42,43). The third-order valence-electron chi connectivity index (χ3n) is 7.13. The van der Waals surface area contributed by atoms with Gasteiger partial charge in [0.05, 0.1) is 11.7 Å². The Kier molecular flexibility index (Phi) is 10.4. The van der Waals surface area contributed by atoms with E-state index in [4.69, 9.17) is 0 Å². The molecule has 2 atom stereocenters. The smallest absolute Gasteiger partial charge is 0.416 e. The summed E-state index contributed by atoms with van der Waals surface area (Å²) >= 11 is 0. The molecule has 0 bridgehead atoms. The van der Waals surface area contributed by atoms with Crippen LogP contribution in [-0.2, 0) is 29.0 Å². The number of carboxylic acids is 1. The number of benzene rings is 3. The first kappa shape index (κ1) is 34.8. The zero-order valence-electron chi connectivity index (χ0n) is 24.4. The molecule has 4 aromatic rings. The summed E-state index contributed by atoms with van der Waals surface area (Å²) in [4.78, 5) is 12.1. The molecule has 4 rings (SSSR count). The van der Waals surface area contributed by atoms with E-state index in [2.05, 4.69) is 10.6 Å². The van der Waals surface area contributed by atoms with Crippen LogP contribution in [0.25, 0.3) is 10.9 Å². The molecule has 0 saturated heterocycles. The first-order valence-electron chi connectivity index (χ1n) is 13.9. The third-order valence-corrected chi connectivity index (χ3v) is 8.48. The highest BCUT2D eigenvalue weighted by Gasteiger charge is 2.35. The number of nitrogens with one attached hydrogen (secondary N) is 2. The Morgan fingerprint density at radius 3 is 2.33 bits per heavy atom. The van der Waals surface area contributed by atoms with E-state index in [9.17, 15) is 49.8 Å². The van der Waals surface area contributed by atoms with Gasteiger partial charge < -0.3 is 25.4 Å². The summed E-state index contributed by atoms with van der Waals surface area (Å²) in [6.45, 7) is 1.92. The molecule has 0 amide bonds. The molecule has 2 unspecified atom stereocenters. The van der Waals surface area contributed by atoms with Crippen LogP contribution in [0.4, 0.5) is 32.0 Å². The van der Waals surface area contributed by atoms with Crippen LogP contribution in [0.15, 0.2) is 72.8 Å². The number of anilines is 1. The molecule has 0 aliphatic carbocycles. The lowest BCUT2D eigenvalue weighted by molar-refractivity contribution is -0.137. The minimum atomic E-state index is -4.86. The van der Waals surface area contributed by atoms with Crippen molar-refractivity contribution in [2.45, 2.75) is 44.4 Å². The van der Waals surface area contributed by atoms with Gasteiger partial charge in [0.2, 0.25) is 0 Å². The minimum Gasteiger partial charge on any atom is -0.477 e. The Bertz CT molecular complexity index is 1800. The highest BCUT2D eigenvalue weighted by Crippen LogP contribution is 2.31. The number of carboxylic acid groups (broad SMARTS) is 1. The van der Waals surface area contributed by atoms with Gasteiger partial charge in [-0.3, -0.25) is 0 Å². The molecule has 1 aromatic heterocycles. The van der Waals surface area contributed by atoms with Gasteiger partial charge in [-0.25, -0.2) is 13.2 Å². The van der Waals surface area contributed by atoms with Crippen molar-refractivity contribution in [2.24, 2.45) is 0 Å². The normalized spacial score (nSPS) is 13.9. The Hall–Kier alpha value is -4.08. The highest BCUT2D eigenvalue weighted by atomic mass is 32.2. The van der Waals surface area contributed by atoms with E-state index in [-0.39, 0.29) is 36.1 Å². The Balaban J connectivity index is 1.44. The third kappa shape index (κ3) is 9.47. The van der Waals surface area contributed by atoms with Crippen molar-refractivity contribution in [2.75, 3.05) is 23.5 Å². The van der Waals surface area contributed by atoms with Crippen molar-refractivity contribution in [1.82, 2.24) is 9.88 Å². The maximum Gasteiger partial charge on any atom is 0.416 e. The number of hydrogen-bond acceptors (Lipinski definition) is 6. The molecule has 46 heavy (non-hydrogen) atoms. The van der Waals surface area contributed by atoms with E-state index >= 15 is 0 Å². The fourth-order valence-electron chi connectivity index (χ4n) is 5.03. The quantitative estimate of drug-likeness (QED) is 0.129. The van der Waals surface area contributed by atoms with Gasteiger partial charge >= 0.3 is 18.3 Å². The first-order valence-corrected chi connectivity index (χ1v) is 15.8. The molecule has 248 valence electrons. The average molecular weight is 672 g/mol. The van der Waals surface area contributed by atoms with Crippen molar-refractivity contribution in [1.29, 1.82) is 0 Å². The molecule has 0 saturated carbocycles. The number of aliphatic hydroxyl groups is 1. The second-order valence-electron chi connectivity index (χ2n) is 11.0. The average Bonchev–Trinajstić information content (AvgIpc) is 3.31. The van der Waals surface area contributed by atoms with Gasteiger partial charge in [-0.05, 0) is 72.5 Å². The number of aromatic carboxylic acids is 1. The van der Waals surface area contributed by atoms with Gasteiger partial charge in [0.15, 0.2) is 9.84 Å². The number of fused-ring (bicyclic) bond motifs is 1. The molecule has 15 heteroatoms. The van der Waals surface area contributed by atoms with Crippen LogP contribution in [0, 0.1) is 0 Å². The van der Waals surface area contributed by atoms with E-state index in [0.29, 0.717) is 22.9 Å². The molecular formula is C31H31F6N3O5S. The summed E-state index contributed by atoms with van der Waals surface area (Å²) in [6.07, 6.45) is -10.1. The largest absolute Gasteiger partial charge is 0.477 e. The lowest BCUT2D eigenvalue weighted by Gasteiger charge is -2.18. The Morgan fingerprint density at radius 1 is 0.935 bits per heavy atom. The highest BCUT2D eigenvalue weighted by molar-refractivity contribution is 7.91. The van der Waals surface area contributed by atoms with Crippen LogP contribution in [0.5, 0.6) is 0 Å². The summed E-state index contributed by atoms with van der Waals surface area (Å²) in [5, 5.41) is 26.5. The van der Waals surface area contributed by atoms with Crippen molar-refractivity contribution >= 4 is 32.4 Å². The van der Waals surface area contributed by atoms with E-state index < -0.39 is 51.5 Å². The van der Waals surface area contributed by atoms with Gasteiger partial charge in [0, 0.05) is 35.7 Å². The van der Waals surface area contributed by atoms with E-state index in [1.165, 1.54) is 30.3 Å². The maximum atomic E-state index is 13.0. The fourth-order valence-corrected chi connectivity index (χ4v) is 6.02. The van der Waals surface area contributed by atoms with Crippen LogP contribution < -0.4 is 10.6 Å². The summed E-state index contributed by atoms with van der Waals surface area (Å²) in [7, 11) is -4.46. The summed E-state index contributed by atoms with van der Waals surface area (Å²) in [5.74, 6) is -4.07. The van der Waals surface area contributed by atoms with Gasteiger partial charge in [-0.1, -0.05) is 30.3 Å². The second kappa shape index (κ2) is 13.7. The molecular weight excluding hydrogens is 640 g/mol. The SMILES string of the molecule is CC(Cc1ccc2c(c1)cc(C(=O)O)n2Cc1cccc(NCS(=O)(=O)CC(F)(F)F)c1)NCC(O)c1cccc(C(F)(F)F)c1. The van der Waals surface area contributed by atoms with E-state index in [0.717, 1.165) is 17.7 Å². The zero-order chi connectivity index (χ0) is 33.9. The van der Waals surface area contributed by atoms with Gasteiger partial charge in [-0.2, -0.15) is 26.3 Å². The molecule has 1 heterocycles. The molecule has 4 N–H and O–H groups in total. The number of rotatable bonds is 13. The predicted octanol–water partition coefficient (Wildman–Crippen LogP) is 6.01. The van der Waals surface area contributed by atoms with Gasteiger partial charge in [0.1, 0.15) is 17.3 Å². The molecule has 0 fully saturated rings. The number of aliphatic hydroxyl groups excluding tert-OH is 1. The summed E-state index contributed by atoms with van der Waals surface area (Å²) in [6, 6.07) is 17.4. The molecule has 0 aliphatic rings. The topological polar surface area (TPSA) is 121 Å². The molecule has 3 aromatic carbocycles. The van der Waals surface area contributed by atoms with Crippen LogP contribution in [0.2, 0.25) is 0 Å². The number of nitrogens with zero attached hydrogens (tertiary/aromatic N) is 1. The molecule has 0 radical (unpaired) electrons. The van der Waals surface area contributed by atoms with E-state index in [1.54, 1.807) is 28.8 Å². The first-order chi connectivity index (χ1) is 21.4. The summed E-state index contributed by atoms with van der Waals surface area (Å²) in [5.41, 5.74) is 1.50. The monoisotopic (exact) mass is 671 g/mol. The van der Waals surface area contributed by atoms with Crippen LogP contribution >= 0.6 is 0 Å². The zero-order valence-corrected chi connectivity index (χ0v) is 25.2. The predicted molar refractivity (Wildman–Crippen MR) is 160 cm³/mol. The molecule has 0 spiro atoms. The Labute approximate surface area is 260 Å². The van der Waals surface area contributed by atoms with Crippen LogP contribution in [0.3, 0.4) is 0 Å². The number of sulfone groups is 1. The van der Waals surface area contributed by atoms with Crippen molar-refractivity contribution in [3.8, 4) is 0 Å². The van der Waals surface area contributed by atoms with Crippen molar-refractivity contribution < 1.29 is 49.8 Å². The maximum absolute atomic E-state index is 13.0. The molecule has 8 nitrogen and oxygen atoms in total. The summed E-state index contributed by atoms with van der Waals surface area (Å²) < 4.78 is 102. The number of hydrogen-bond donors (Lipinski definition) is 4. The number of aromatic nitrogens is 1. The van der Waals surface area contributed by atoms with Crippen LogP contribution in [-0.4, -0.2) is 59.6 Å². The lowest BCUT2D eigenvalue weighted by atomic mass is 10.0. The fraction of sp³-hybridized carbons (Fsp3) is 0.323. The van der Waals surface area contributed by atoms with Gasteiger partial charge in [0.25, 0.3) is 0 Å². The number of carbonyl (C=O) groups is 1. The Morgan fingerprint density at radius 2 is 1.65 bits per heavy atom. The van der Waals surface area contributed by atoms with E-state index in [1.807, 2.05) is 13.0 Å². The molecule has 0 aliphatic heterocycles. The lowest BCUT2D eigenvalue weighted by Crippen LogP contribution is -2.32. The van der Waals surface area contributed by atoms with Crippen molar-refractivity contribution in [3.05, 3.63) is 101 Å². The number of alkyl halides is 6. The minimum absolute atomic E-state index is 0.00639. The second-order valence-corrected chi connectivity index (χ2v) is 13.1. The number of halogens is 6. The van der Waals surface area contributed by atoms with Crippen LogP contribution in [0.1, 0.15) is 45.8 Å². The van der Waals surface area contributed by atoms with Crippen molar-refractivity contribution in [3.63, 3.8) is 0 Å². The van der Waals surface area contributed by atoms with Gasteiger partial charge in [-0.15, -0.1) is 0 Å².